The summed E-state index contributed by atoms with van der Waals surface area (Å²) >= 11 is -1.89. The quantitative estimate of drug-likeness (QED) is 0.112. The number of rotatable bonds is 8. The molecule has 1 aliphatic rings. The van der Waals surface area contributed by atoms with Crippen LogP contribution in [0.25, 0.3) is 72.6 Å². The van der Waals surface area contributed by atoms with Crippen LogP contribution in [0.1, 0.15) is 88.1 Å². The Bertz CT molecular complexity index is 3090. The topological polar surface area (TPSA) is 56.7 Å². The van der Waals surface area contributed by atoms with Gasteiger partial charge in [0.15, 0.2) is 0 Å². The predicted molar refractivity (Wildman–Crippen MR) is 275 cm³/mol. The van der Waals surface area contributed by atoms with Gasteiger partial charge in [0, 0.05) is 42.8 Å². The van der Waals surface area contributed by atoms with Gasteiger partial charge >= 0.3 is 144 Å². The first-order chi connectivity index (χ1) is 31.2. The number of para-hydroxylation sites is 2. The Labute approximate surface area is 408 Å². The molecule has 10 rings (SSSR count). The summed E-state index contributed by atoms with van der Waals surface area (Å²) in [6.07, 6.45) is 10.5. The molecule has 1 saturated carbocycles. The van der Waals surface area contributed by atoms with Gasteiger partial charge in [0.1, 0.15) is 0 Å². The molecule has 7 heteroatoms. The van der Waals surface area contributed by atoms with Crippen LogP contribution in [0.3, 0.4) is 0 Å². The van der Waals surface area contributed by atoms with Crippen LogP contribution < -0.4 is 4.40 Å². The van der Waals surface area contributed by atoms with Crippen molar-refractivity contribution in [3.8, 4) is 39.5 Å². The molecule has 0 aliphatic heterocycles. The number of hydrogen-bond acceptors (Lipinski definition) is 4. The molecule has 0 amide bonds. The first kappa shape index (κ1) is 47.4. The number of furan rings is 1. The number of pyridine rings is 2. The third kappa shape index (κ3) is 9.79. The third-order valence-corrected chi connectivity index (χ3v) is 18.0. The molecule has 4 aromatic heterocycles. The van der Waals surface area contributed by atoms with Gasteiger partial charge in [0.25, 0.3) is 0 Å². The summed E-state index contributed by atoms with van der Waals surface area (Å²) < 4.78 is 10.4. The first-order valence-corrected chi connectivity index (χ1v) is 30.9. The molecule has 5 nitrogen and oxygen atoms in total. The van der Waals surface area contributed by atoms with Gasteiger partial charge in [0.2, 0.25) is 5.71 Å². The zero-order chi connectivity index (χ0) is 45.5. The molecule has 0 N–H and O–H groups in total. The molecule has 1 fully saturated rings. The van der Waals surface area contributed by atoms with Gasteiger partial charge in [-0.25, -0.2) is 4.98 Å². The Balaban J connectivity index is 0.000000209. The van der Waals surface area contributed by atoms with E-state index in [0.717, 1.165) is 67.3 Å². The maximum atomic E-state index is 6.57. The van der Waals surface area contributed by atoms with Crippen molar-refractivity contribution < 1.29 is 24.5 Å². The van der Waals surface area contributed by atoms with Gasteiger partial charge < -0.3 is 8.98 Å². The van der Waals surface area contributed by atoms with Crippen molar-refractivity contribution in [2.45, 2.75) is 103 Å². The van der Waals surface area contributed by atoms with Crippen molar-refractivity contribution >= 4 is 50.8 Å². The zero-order valence-electron chi connectivity index (χ0n) is 40.1. The van der Waals surface area contributed by atoms with Crippen molar-refractivity contribution in [2.75, 3.05) is 0 Å². The summed E-state index contributed by atoms with van der Waals surface area (Å²) in [5, 5.41) is 2.03. The molecule has 339 valence electrons. The Morgan fingerprint density at radius 1 is 0.758 bits per heavy atom. The zero-order valence-corrected chi connectivity index (χ0v) is 44.5. The van der Waals surface area contributed by atoms with Crippen LogP contribution >= 0.6 is 0 Å². The van der Waals surface area contributed by atoms with E-state index in [1.165, 1.54) is 60.8 Å². The molecule has 1 radical (unpaired) electrons. The van der Waals surface area contributed by atoms with Crippen LogP contribution in [-0.4, -0.2) is 32.8 Å². The monoisotopic (exact) mass is 1110 g/mol. The molecular formula is C59H62GeIrN4O-2. The summed E-state index contributed by atoms with van der Waals surface area (Å²) in [5.41, 5.74) is 15.0. The van der Waals surface area contributed by atoms with Gasteiger partial charge in [-0.2, -0.15) is 0 Å². The molecule has 0 bridgehead atoms. The van der Waals surface area contributed by atoms with Gasteiger partial charge in [0.05, 0.1) is 22.4 Å². The normalized spacial score (nSPS) is 14.0. The van der Waals surface area contributed by atoms with Gasteiger partial charge in [-0.1, -0.05) is 81.1 Å². The van der Waals surface area contributed by atoms with Crippen molar-refractivity contribution in [3.63, 3.8) is 0 Å². The number of imidazole rings is 1. The van der Waals surface area contributed by atoms with E-state index in [1.807, 2.05) is 24.3 Å². The van der Waals surface area contributed by atoms with Crippen molar-refractivity contribution in [1.82, 2.24) is 19.5 Å². The number of aryl methyl sites for hydroxylation is 2. The number of fused-ring (bicyclic) bond motifs is 4. The summed E-state index contributed by atoms with van der Waals surface area (Å²) in [5.74, 6) is 9.42. The average Bonchev–Trinajstić information content (AvgIpc) is 3.87. The number of benzene rings is 5. The minimum Gasteiger partial charge on any atom is 0 e. The van der Waals surface area contributed by atoms with Gasteiger partial charge in [-0.15, -0.1) is 18.2 Å². The van der Waals surface area contributed by atoms with Crippen LogP contribution in [0.4, 0.5) is 0 Å². The maximum absolute atomic E-state index is 6.57. The van der Waals surface area contributed by atoms with E-state index in [1.54, 1.807) is 9.96 Å². The van der Waals surface area contributed by atoms with E-state index in [4.69, 9.17) is 19.4 Å². The Morgan fingerprint density at radius 3 is 2.17 bits per heavy atom. The van der Waals surface area contributed by atoms with Crippen LogP contribution in [0, 0.1) is 37.3 Å². The van der Waals surface area contributed by atoms with E-state index in [-0.39, 0.29) is 31.4 Å². The van der Waals surface area contributed by atoms with E-state index in [2.05, 4.69) is 179 Å². The third-order valence-electron chi connectivity index (χ3n) is 13.7. The van der Waals surface area contributed by atoms with E-state index >= 15 is 0 Å². The average molecular weight is 1110 g/mol. The smallest absolute Gasteiger partial charge is 0 e. The Morgan fingerprint density at radius 2 is 1.47 bits per heavy atom. The van der Waals surface area contributed by atoms with Gasteiger partial charge in [-0.05, 0) is 77.9 Å². The standard InChI is InChI=1S/C38H34N3O.C21H28GeN.Ir/c1-23-21-27(26-13-8-7-9-14-26)22-24(2)34(23)41-33-18-11-10-17-32(33)39-36(41)30-16-12-15-28-29-19-20-31(25(3)38(4,5)6)40-37(29)42-35(28)30;1-22(2,3)20-16-23-21(18-12-8-5-9-13-18)15-19(20)14-17-10-6-4-7-11-17;/h7-15,17-22,25H,1-6H3;5,8-9,12,15-17H,4,6-7,10-11,14H2,1-3H3;/q2*-1;. The molecule has 0 spiro atoms. The second-order valence-corrected chi connectivity index (χ2v) is 31.0. The Hall–Kier alpha value is -5.14. The second kappa shape index (κ2) is 19.6. The fourth-order valence-corrected chi connectivity index (χ4v) is 13.1. The molecular weight excluding hydrogens is 1050 g/mol. The molecule has 4 heterocycles. The minimum atomic E-state index is -1.89. The summed E-state index contributed by atoms with van der Waals surface area (Å²) in [7, 11) is 0. The van der Waals surface area contributed by atoms with Gasteiger partial charge in [-0.3, -0.25) is 4.98 Å². The first-order valence-electron chi connectivity index (χ1n) is 23.6. The van der Waals surface area contributed by atoms with E-state index in [0.29, 0.717) is 5.71 Å². The second-order valence-electron chi connectivity index (χ2n) is 20.4. The fraction of sp³-hybridized carbons (Fsp3) is 0.305. The fourth-order valence-electron chi connectivity index (χ4n) is 9.76. The Kier molecular flexibility index (Phi) is 14.1. The summed E-state index contributed by atoms with van der Waals surface area (Å²) in [6.45, 7) is 13.3. The van der Waals surface area contributed by atoms with Crippen LogP contribution in [0.2, 0.25) is 17.3 Å². The van der Waals surface area contributed by atoms with Crippen molar-refractivity contribution in [1.29, 1.82) is 0 Å². The number of nitrogens with zero attached hydrogens (tertiary/aromatic N) is 4. The molecule has 66 heavy (non-hydrogen) atoms. The molecule has 1 atom stereocenters. The number of hydrogen-bond donors (Lipinski definition) is 0. The molecule has 9 aromatic rings. The maximum Gasteiger partial charge on any atom is 0 e. The van der Waals surface area contributed by atoms with Crippen LogP contribution in [0.15, 0.2) is 132 Å². The molecule has 1 aliphatic carbocycles. The van der Waals surface area contributed by atoms with E-state index in [9.17, 15) is 0 Å². The minimum absolute atomic E-state index is 0. The van der Waals surface area contributed by atoms with Crippen molar-refractivity contribution in [3.05, 3.63) is 162 Å². The van der Waals surface area contributed by atoms with E-state index < -0.39 is 13.3 Å². The van der Waals surface area contributed by atoms with Crippen LogP contribution in [-0.2, 0) is 26.5 Å². The van der Waals surface area contributed by atoms with Crippen LogP contribution in [0.5, 0.6) is 0 Å². The van der Waals surface area contributed by atoms with Crippen molar-refractivity contribution in [2.24, 2.45) is 11.3 Å². The largest absolute Gasteiger partial charge is 0 e. The molecule has 0 saturated heterocycles. The summed E-state index contributed by atoms with van der Waals surface area (Å²) in [6, 6.07) is 49.1. The number of aromatic nitrogens is 4. The SMILES string of the molecule is Cc1cc(-c2ccccc2)cc(C)c1-n1c(-c2[c-]ccc3c2oc2nc(C(C)C(C)(C)C)ccc23)nc2ccccc21.[CH3][Ge]([CH3])([CH3])[c]1cnc(-c2[c-]cccc2)cc1CC1CCCCC1.[Ir]. The summed E-state index contributed by atoms with van der Waals surface area (Å²) in [4.78, 5) is 15.0. The molecule has 1 unspecified atom stereocenters. The predicted octanol–water partition coefficient (Wildman–Crippen LogP) is 15.4. The molecule has 5 aromatic carbocycles.